The Morgan fingerprint density at radius 1 is 1.00 bits per heavy atom. The number of hydrogen-bond acceptors (Lipinski definition) is 2. The maximum Gasteiger partial charge on any atom is 0.107 e. The summed E-state index contributed by atoms with van der Waals surface area (Å²) in [5.41, 5.74) is 4.32. The number of rotatable bonds is 2. The van der Waals surface area contributed by atoms with E-state index in [1.54, 1.807) is 6.07 Å². The maximum absolute atomic E-state index is 10.7. The zero-order valence-corrected chi connectivity index (χ0v) is 13.4. The van der Waals surface area contributed by atoms with Crippen LogP contribution in [0.5, 0.6) is 0 Å². The van der Waals surface area contributed by atoms with Gasteiger partial charge in [0.25, 0.3) is 0 Å². The smallest absolute Gasteiger partial charge is 0.107 e. The van der Waals surface area contributed by atoms with E-state index in [9.17, 15) is 5.11 Å². The molecular weight excluding hydrogens is 323 g/mol. The molecule has 1 aliphatic rings. The molecule has 1 atom stereocenters. The first kappa shape index (κ1) is 13.6. The molecule has 1 aliphatic carbocycles. The molecule has 0 amide bonds. The molecule has 2 aromatic carbocycles. The summed E-state index contributed by atoms with van der Waals surface area (Å²) in [6, 6.07) is 12.2. The van der Waals surface area contributed by atoms with Crippen LogP contribution >= 0.6 is 34.5 Å². The third-order valence-corrected chi connectivity index (χ3v) is 5.70. The van der Waals surface area contributed by atoms with Crippen molar-refractivity contribution in [2.45, 2.75) is 18.9 Å². The molecule has 1 unspecified atom stereocenters. The lowest BCUT2D eigenvalue weighted by molar-refractivity contribution is 0.222. The molecule has 0 radical (unpaired) electrons. The molecule has 3 aromatic rings. The number of aliphatic hydroxyl groups is 1. The SMILES string of the molecule is OC(c1cc(Cl)sc1Cl)c1ccc2c3c(cccc13)CC2. The molecule has 1 heterocycles. The van der Waals surface area contributed by atoms with Gasteiger partial charge in [0.2, 0.25) is 0 Å². The summed E-state index contributed by atoms with van der Waals surface area (Å²) in [5, 5.41) is 13.2. The van der Waals surface area contributed by atoms with Gasteiger partial charge in [-0.3, -0.25) is 0 Å². The van der Waals surface area contributed by atoms with Gasteiger partial charge < -0.3 is 5.11 Å². The Morgan fingerprint density at radius 2 is 1.76 bits per heavy atom. The van der Waals surface area contributed by atoms with Crippen LogP contribution in [-0.4, -0.2) is 5.11 Å². The van der Waals surface area contributed by atoms with E-state index >= 15 is 0 Å². The molecule has 106 valence electrons. The predicted molar refractivity (Wildman–Crippen MR) is 89.8 cm³/mol. The van der Waals surface area contributed by atoms with Crippen molar-refractivity contribution in [3.63, 3.8) is 0 Å². The summed E-state index contributed by atoms with van der Waals surface area (Å²) < 4.78 is 1.15. The van der Waals surface area contributed by atoms with Crippen LogP contribution in [0.3, 0.4) is 0 Å². The number of hydrogen-bond donors (Lipinski definition) is 1. The minimum absolute atomic E-state index is 0.552. The Hall–Kier alpha value is -1.06. The topological polar surface area (TPSA) is 20.2 Å². The largest absolute Gasteiger partial charge is 0.384 e. The van der Waals surface area contributed by atoms with E-state index in [-0.39, 0.29) is 0 Å². The van der Waals surface area contributed by atoms with Gasteiger partial charge in [-0.25, -0.2) is 0 Å². The third kappa shape index (κ3) is 2.09. The molecule has 1 nitrogen and oxygen atoms in total. The quantitative estimate of drug-likeness (QED) is 0.666. The number of benzene rings is 2. The van der Waals surface area contributed by atoms with Crippen molar-refractivity contribution in [1.82, 2.24) is 0 Å². The lowest BCUT2D eigenvalue weighted by Crippen LogP contribution is -2.00. The van der Waals surface area contributed by atoms with Crippen molar-refractivity contribution in [3.05, 3.63) is 67.3 Å². The Balaban J connectivity index is 1.94. The van der Waals surface area contributed by atoms with Gasteiger partial charge in [0.05, 0.1) is 4.34 Å². The molecule has 0 saturated carbocycles. The van der Waals surface area contributed by atoms with Gasteiger partial charge in [-0.2, -0.15) is 0 Å². The van der Waals surface area contributed by atoms with E-state index in [0.717, 1.165) is 23.8 Å². The first-order chi connectivity index (χ1) is 10.1. The molecule has 1 aromatic heterocycles. The van der Waals surface area contributed by atoms with Gasteiger partial charge in [-0.15, -0.1) is 11.3 Å². The van der Waals surface area contributed by atoms with Gasteiger partial charge >= 0.3 is 0 Å². The average Bonchev–Trinajstić information content (AvgIpc) is 3.04. The number of halogens is 2. The maximum atomic E-state index is 10.7. The van der Waals surface area contributed by atoms with Gasteiger partial charge in [0, 0.05) is 5.56 Å². The highest BCUT2D eigenvalue weighted by atomic mass is 35.5. The second kappa shape index (κ2) is 4.99. The van der Waals surface area contributed by atoms with Crippen molar-refractivity contribution in [3.8, 4) is 0 Å². The summed E-state index contributed by atoms with van der Waals surface area (Å²) in [6.45, 7) is 0. The summed E-state index contributed by atoms with van der Waals surface area (Å²) >= 11 is 13.5. The first-order valence-corrected chi connectivity index (χ1v) is 8.38. The monoisotopic (exact) mass is 334 g/mol. The Morgan fingerprint density at radius 3 is 2.48 bits per heavy atom. The minimum atomic E-state index is -0.744. The van der Waals surface area contributed by atoms with E-state index in [1.165, 1.54) is 27.8 Å². The third-order valence-electron chi connectivity index (χ3n) is 4.18. The first-order valence-electron chi connectivity index (χ1n) is 6.81. The van der Waals surface area contributed by atoms with E-state index in [2.05, 4.69) is 24.3 Å². The highest BCUT2D eigenvalue weighted by Gasteiger charge is 2.22. The van der Waals surface area contributed by atoms with E-state index in [1.807, 2.05) is 6.07 Å². The molecule has 0 bridgehead atoms. The van der Waals surface area contributed by atoms with Crippen LogP contribution in [0.4, 0.5) is 0 Å². The molecule has 4 heteroatoms. The van der Waals surface area contributed by atoms with Crippen LogP contribution in [0, 0.1) is 0 Å². The van der Waals surface area contributed by atoms with Gasteiger partial charge in [0.15, 0.2) is 0 Å². The summed E-state index contributed by atoms with van der Waals surface area (Å²) in [5.74, 6) is 0. The highest BCUT2D eigenvalue weighted by Crippen LogP contribution is 2.41. The minimum Gasteiger partial charge on any atom is -0.384 e. The van der Waals surface area contributed by atoms with Crippen molar-refractivity contribution in [2.24, 2.45) is 0 Å². The molecular formula is C17H12Cl2OS. The van der Waals surface area contributed by atoms with Crippen LogP contribution in [0.25, 0.3) is 10.8 Å². The van der Waals surface area contributed by atoms with Crippen molar-refractivity contribution in [1.29, 1.82) is 0 Å². The number of aryl methyl sites for hydroxylation is 2. The molecule has 0 spiro atoms. The summed E-state index contributed by atoms with van der Waals surface area (Å²) in [7, 11) is 0. The van der Waals surface area contributed by atoms with Crippen LogP contribution in [-0.2, 0) is 12.8 Å². The fourth-order valence-electron chi connectivity index (χ4n) is 3.21. The van der Waals surface area contributed by atoms with Crippen LogP contribution in [0.15, 0.2) is 36.4 Å². The fourth-order valence-corrected chi connectivity index (χ4v) is 4.74. The van der Waals surface area contributed by atoms with Gasteiger partial charge in [-0.05, 0) is 46.4 Å². The van der Waals surface area contributed by atoms with Crippen LogP contribution < -0.4 is 0 Å². The second-order valence-corrected chi connectivity index (χ2v) is 7.62. The van der Waals surface area contributed by atoms with Crippen molar-refractivity contribution in [2.75, 3.05) is 0 Å². The molecule has 0 fully saturated rings. The zero-order chi connectivity index (χ0) is 14.6. The second-order valence-electron chi connectivity index (χ2n) is 5.34. The predicted octanol–water partition coefficient (Wildman–Crippen LogP) is 5.39. The summed E-state index contributed by atoms with van der Waals surface area (Å²) in [6.07, 6.45) is 1.42. The fraction of sp³-hybridized carbons (Fsp3) is 0.176. The van der Waals surface area contributed by atoms with E-state index in [0.29, 0.717) is 14.2 Å². The number of thiophene rings is 1. The van der Waals surface area contributed by atoms with Gasteiger partial charge in [-0.1, -0.05) is 53.5 Å². The van der Waals surface area contributed by atoms with Crippen LogP contribution in [0.2, 0.25) is 8.67 Å². The highest BCUT2D eigenvalue weighted by molar-refractivity contribution is 7.20. The average molecular weight is 335 g/mol. The van der Waals surface area contributed by atoms with E-state index in [4.69, 9.17) is 23.2 Å². The standard InChI is InChI=1S/C17H12Cl2OS/c18-14-8-13(17(19)21-14)16(20)12-7-6-10-5-4-9-2-1-3-11(12)15(9)10/h1-3,6-8,16,20H,4-5H2. The van der Waals surface area contributed by atoms with Crippen molar-refractivity contribution < 1.29 is 5.11 Å². The zero-order valence-electron chi connectivity index (χ0n) is 11.1. The molecule has 0 aliphatic heterocycles. The normalized spacial score (nSPS) is 14.8. The molecule has 1 N–H and O–H groups in total. The Bertz CT molecular complexity index is 843. The lowest BCUT2D eigenvalue weighted by atomic mass is 9.94. The summed E-state index contributed by atoms with van der Waals surface area (Å²) in [4.78, 5) is 0. The van der Waals surface area contributed by atoms with E-state index < -0.39 is 6.10 Å². The molecule has 0 saturated heterocycles. The Labute approximate surface area is 136 Å². The van der Waals surface area contributed by atoms with Crippen molar-refractivity contribution >= 4 is 45.3 Å². The molecule has 21 heavy (non-hydrogen) atoms. The van der Waals surface area contributed by atoms with Gasteiger partial charge in [0.1, 0.15) is 10.4 Å². The lowest BCUT2D eigenvalue weighted by Gasteiger charge is -2.14. The van der Waals surface area contributed by atoms with Crippen LogP contribution in [0.1, 0.15) is 28.4 Å². The number of aliphatic hydroxyl groups excluding tert-OH is 1. The Kier molecular flexibility index (Phi) is 3.23. The molecule has 4 rings (SSSR count).